The van der Waals surface area contributed by atoms with Crippen molar-refractivity contribution in [1.29, 1.82) is 0 Å². The quantitative estimate of drug-likeness (QED) is 0.226. The molecule has 1 N–H and O–H groups in total. The lowest BCUT2D eigenvalue weighted by Gasteiger charge is -2.38. The van der Waals surface area contributed by atoms with Crippen molar-refractivity contribution >= 4 is 28.5 Å². The number of nitrogens with zero attached hydrogens (tertiary/aromatic N) is 4. The summed E-state index contributed by atoms with van der Waals surface area (Å²) in [6, 6.07) is 3.13. The highest BCUT2D eigenvalue weighted by atomic mass is 19.4. The summed E-state index contributed by atoms with van der Waals surface area (Å²) in [6.07, 6.45) is -2.07. The number of amides is 1. The average molecular weight is 702 g/mol. The molecule has 0 bridgehead atoms. The molecular weight excluding hydrogens is 670 g/mol. The Morgan fingerprint density at radius 1 is 1.10 bits per heavy atom. The van der Waals surface area contributed by atoms with Gasteiger partial charge in [0.15, 0.2) is 11.5 Å². The molecular formula is C33H31F4N5O8. The molecule has 0 radical (unpaired) electrons. The standard InChI is InChI=1S/C33H31F4N5O8/c1-17-12-19(41-8-9-48-16-25(41)33(35,36)37)14-21(34)26(17)29(43)39-22(31(45)47-3)13-18-4-5-23(28-27(18)49-10-11-50-28)42-30(44)20-6-7-38-15-24(20)40(2)32(42)46/h4-7,12,14-15,22,25H,8-11,13,16H2,1-3H3,(H,39,43)/t22-,25+/m0/s1. The minimum Gasteiger partial charge on any atom is -0.486 e. The third-order valence-corrected chi connectivity index (χ3v) is 8.62. The van der Waals surface area contributed by atoms with Crippen molar-refractivity contribution in [3.05, 3.63) is 86.1 Å². The fourth-order valence-electron chi connectivity index (χ4n) is 6.17. The SMILES string of the molecule is COC(=O)[C@H](Cc1ccc(-n2c(=O)c3ccncc3n(C)c2=O)c2c1OCCO2)NC(=O)c1c(C)cc(N2CCOC[C@@H]2C(F)(F)F)cc1F. The van der Waals surface area contributed by atoms with Gasteiger partial charge >= 0.3 is 17.8 Å². The van der Waals surface area contributed by atoms with Gasteiger partial charge in [-0.15, -0.1) is 0 Å². The van der Waals surface area contributed by atoms with Crippen molar-refractivity contribution < 1.29 is 46.1 Å². The van der Waals surface area contributed by atoms with Crippen LogP contribution in [-0.2, 0) is 27.7 Å². The lowest BCUT2D eigenvalue weighted by atomic mass is 10.0. The van der Waals surface area contributed by atoms with Crippen molar-refractivity contribution in [2.75, 3.05) is 45.0 Å². The Kier molecular flexibility index (Phi) is 9.26. The van der Waals surface area contributed by atoms with E-state index >= 15 is 4.39 Å². The van der Waals surface area contributed by atoms with Gasteiger partial charge in [0.1, 0.15) is 31.1 Å². The predicted octanol–water partition coefficient (Wildman–Crippen LogP) is 2.58. The first-order chi connectivity index (χ1) is 23.8. The lowest BCUT2D eigenvalue weighted by Crippen LogP contribution is -2.53. The van der Waals surface area contributed by atoms with Crippen LogP contribution in [0.4, 0.5) is 23.2 Å². The van der Waals surface area contributed by atoms with E-state index in [0.717, 1.165) is 22.6 Å². The predicted molar refractivity (Wildman–Crippen MR) is 170 cm³/mol. The number of benzene rings is 2. The van der Waals surface area contributed by atoms with Crippen molar-refractivity contribution in [2.24, 2.45) is 7.05 Å². The number of hydrogen-bond donors (Lipinski definition) is 1. The zero-order chi connectivity index (χ0) is 35.9. The highest BCUT2D eigenvalue weighted by molar-refractivity contribution is 5.98. The Morgan fingerprint density at radius 2 is 1.84 bits per heavy atom. The Labute approximate surface area is 280 Å². The number of carbonyl (C=O) groups excluding carboxylic acids is 2. The Hall–Kier alpha value is -5.45. The number of methoxy groups -OCH3 is 1. The third kappa shape index (κ3) is 6.23. The smallest absolute Gasteiger partial charge is 0.411 e. The van der Waals surface area contributed by atoms with E-state index in [0.29, 0.717) is 11.1 Å². The fourth-order valence-corrected chi connectivity index (χ4v) is 6.17. The summed E-state index contributed by atoms with van der Waals surface area (Å²) in [5.74, 6) is -2.84. The molecule has 1 fully saturated rings. The van der Waals surface area contributed by atoms with Crippen molar-refractivity contribution in [2.45, 2.75) is 31.6 Å². The maximum atomic E-state index is 15.5. The monoisotopic (exact) mass is 701 g/mol. The van der Waals surface area contributed by atoms with E-state index in [1.54, 1.807) is 0 Å². The third-order valence-electron chi connectivity index (χ3n) is 8.62. The van der Waals surface area contributed by atoms with E-state index in [-0.39, 0.29) is 66.6 Å². The van der Waals surface area contributed by atoms with Crippen LogP contribution in [0.2, 0.25) is 0 Å². The van der Waals surface area contributed by atoms with Crippen LogP contribution in [0, 0.1) is 12.7 Å². The van der Waals surface area contributed by atoms with Crippen LogP contribution < -0.4 is 30.9 Å². The second-order valence-electron chi connectivity index (χ2n) is 11.7. The van der Waals surface area contributed by atoms with Gasteiger partial charge in [0.05, 0.1) is 48.7 Å². The number of anilines is 1. The first-order valence-electron chi connectivity index (χ1n) is 15.4. The van der Waals surface area contributed by atoms with Crippen LogP contribution in [0.15, 0.2) is 52.3 Å². The van der Waals surface area contributed by atoms with Crippen LogP contribution >= 0.6 is 0 Å². The van der Waals surface area contributed by atoms with Crippen LogP contribution in [-0.4, -0.2) is 84.3 Å². The Bertz CT molecular complexity index is 2090. The number of carbonyl (C=O) groups is 2. The van der Waals surface area contributed by atoms with Crippen LogP contribution in [0.25, 0.3) is 16.6 Å². The second kappa shape index (κ2) is 13.5. The molecule has 50 heavy (non-hydrogen) atoms. The zero-order valence-electron chi connectivity index (χ0n) is 27.0. The molecule has 17 heteroatoms. The van der Waals surface area contributed by atoms with Gasteiger partial charge in [-0.05, 0) is 36.8 Å². The van der Waals surface area contributed by atoms with E-state index in [1.165, 1.54) is 55.2 Å². The van der Waals surface area contributed by atoms with Gasteiger partial charge in [-0.2, -0.15) is 13.2 Å². The van der Waals surface area contributed by atoms with Crippen molar-refractivity contribution in [1.82, 2.24) is 19.4 Å². The number of aryl methyl sites for hydroxylation is 2. The summed E-state index contributed by atoms with van der Waals surface area (Å²) in [4.78, 5) is 58.2. The molecule has 4 aromatic rings. The Balaban J connectivity index is 1.32. The number of nitrogens with one attached hydrogen (secondary N) is 1. The molecule has 1 saturated heterocycles. The summed E-state index contributed by atoms with van der Waals surface area (Å²) in [5.41, 5.74) is -1.09. The normalized spacial score (nSPS) is 16.6. The number of halogens is 4. The molecule has 2 aromatic carbocycles. The number of morpholine rings is 1. The Morgan fingerprint density at radius 3 is 2.54 bits per heavy atom. The fraction of sp³-hybridized carbons (Fsp3) is 0.364. The number of rotatable bonds is 7. The van der Waals surface area contributed by atoms with Gasteiger partial charge in [0, 0.05) is 37.5 Å². The highest BCUT2D eigenvalue weighted by Gasteiger charge is 2.45. The highest BCUT2D eigenvalue weighted by Crippen LogP contribution is 2.39. The summed E-state index contributed by atoms with van der Waals surface area (Å²) < 4.78 is 80.4. The minimum atomic E-state index is -4.64. The van der Waals surface area contributed by atoms with E-state index in [4.69, 9.17) is 18.9 Å². The average Bonchev–Trinajstić information content (AvgIpc) is 3.10. The van der Waals surface area contributed by atoms with Gasteiger partial charge < -0.3 is 29.2 Å². The zero-order valence-corrected chi connectivity index (χ0v) is 27.0. The topological polar surface area (TPSA) is 143 Å². The largest absolute Gasteiger partial charge is 0.486 e. The van der Waals surface area contributed by atoms with Crippen molar-refractivity contribution in [3.63, 3.8) is 0 Å². The molecule has 13 nitrogen and oxygen atoms in total. The van der Waals surface area contributed by atoms with E-state index in [2.05, 4.69) is 10.3 Å². The minimum absolute atomic E-state index is 0.00307. The van der Waals surface area contributed by atoms with E-state index < -0.39 is 59.4 Å². The molecule has 264 valence electrons. The molecule has 0 unspecified atom stereocenters. The molecule has 2 aliphatic rings. The number of esters is 1. The molecule has 2 aliphatic heterocycles. The van der Waals surface area contributed by atoms with Crippen LogP contribution in [0.5, 0.6) is 11.5 Å². The summed E-state index contributed by atoms with van der Waals surface area (Å²) in [7, 11) is 2.58. The first kappa shape index (κ1) is 34.4. The molecule has 0 saturated carbocycles. The number of hydrogen-bond acceptors (Lipinski definition) is 10. The molecule has 4 heterocycles. The first-order valence-corrected chi connectivity index (χ1v) is 15.4. The number of pyridine rings is 1. The van der Waals surface area contributed by atoms with Crippen LogP contribution in [0.1, 0.15) is 21.5 Å². The lowest BCUT2D eigenvalue weighted by molar-refractivity contribution is -0.167. The molecule has 0 aliphatic carbocycles. The molecule has 0 spiro atoms. The van der Waals surface area contributed by atoms with E-state index in [1.807, 2.05) is 0 Å². The molecule has 1 amide bonds. The van der Waals surface area contributed by atoms with E-state index in [9.17, 15) is 32.3 Å². The van der Waals surface area contributed by atoms with Gasteiger partial charge in [0.2, 0.25) is 0 Å². The number of aromatic nitrogens is 3. The maximum absolute atomic E-state index is 15.5. The van der Waals surface area contributed by atoms with Gasteiger partial charge in [-0.1, -0.05) is 6.07 Å². The van der Waals surface area contributed by atoms with Gasteiger partial charge in [0.25, 0.3) is 11.5 Å². The number of fused-ring (bicyclic) bond motifs is 2. The molecule has 2 atom stereocenters. The second-order valence-corrected chi connectivity index (χ2v) is 11.7. The summed E-state index contributed by atoms with van der Waals surface area (Å²) >= 11 is 0. The molecule has 6 rings (SSSR count). The number of alkyl halides is 3. The molecule has 2 aromatic heterocycles. The van der Waals surface area contributed by atoms with Crippen molar-refractivity contribution in [3.8, 4) is 17.2 Å². The van der Waals surface area contributed by atoms with Crippen LogP contribution in [0.3, 0.4) is 0 Å². The van der Waals surface area contributed by atoms with Gasteiger partial charge in [-0.25, -0.2) is 18.5 Å². The van der Waals surface area contributed by atoms with Gasteiger partial charge in [-0.3, -0.25) is 19.1 Å². The number of ether oxygens (including phenoxy) is 4. The maximum Gasteiger partial charge on any atom is 0.411 e. The summed E-state index contributed by atoms with van der Waals surface area (Å²) in [5, 5.41) is 2.69. The summed E-state index contributed by atoms with van der Waals surface area (Å²) in [6.45, 7) is 0.770.